The molecule has 90 valence electrons. The number of carbonyl (C=O) groups is 2. The molecule has 0 aromatic heterocycles. The van der Waals surface area contributed by atoms with E-state index in [1.165, 1.54) is 12.8 Å². The molecule has 1 amide bonds. The van der Waals surface area contributed by atoms with Gasteiger partial charge in [-0.05, 0) is 26.2 Å². The predicted octanol–water partition coefficient (Wildman–Crippen LogP) is 1.36. The van der Waals surface area contributed by atoms with E-state index in [2.05, 4.69) is 0 Å². The van der Waals surface area contributed by atoms with Crippen LogP contribution in [0, 0.1) is 0 Å². The SMILES string of the molecule is CC(=O)CN1CCCC(=O)N1C1CCCC1. The molecule has 0 aromatic carbocycles. The van der Waals surface area contributed by atoms with Gasteiger partial charge in [0.2, 0.25) is 5.91 Å². The summed E-state index contributed by atoms with van der Waals surface area (Å²) in [5, 5.41) is 3.85. The van der Waals surface area contributed by atoms with E-state index in [9.17, 15) is 9.59 Å². The highest BCUT2D eigenvalue weighted by molar-refractivity contribution is 5.80. The quantitative estimate of drug-likeness (QED) is 0.726. The minimum Gasteiger partial charge on any atom is -0.298 e. The summed E-state index contributed by atoms with van der Waals surface area (Å²) < 4.78 is 0. The van der Waals surface area contributed by atoms with Gasteiger partial charge in [0.15, 0.2) is 0 Å². The molecule has 16 heavy (non-hydrogen) atoms. The average molecular weight is 224 g/mol. The first-order valence-corrected chi connectivity index (χ1v) is 6.25. The van der Waals surface area contributed by atoms with Crippen molar-refractivity contribution in [3.05, 3.63) is 0 Å². The van der Waals surface area contributed by atoms with Gasteiger partial charge in [0.25, 0.3) is 0 Å². The summed E-state index contributed by atoms with van der Waals surface area (Å²) in [5.41, 5.74) is 0. The fraction of sp³-hybridized carbons (Fsp3) is 0.833. The number of hydrogen-bond donors (Lipinski definition) is 0. The number of hydrazine groups is 1. The Morgan fingerprint density at radius 1 is 1.31 bits per heavy atom. The Morgan fingerprint density at radius 2 is 2.00 bits per heavy atom. The molecule has 1 saturated carbocycles. The van der Waals surface area contributed by atoms with Crippen LogP contribution in [0.25, 0.3) is 0 Å². The second-order valence-corrected chi connectivity index (χ2v) is 4.87. The molecule has 0 spiro atoms. The van der Waals surface area contributed by atoms with Crippen molar-refractivity contribution < 1.29 is 9.59 Å². The van der Waals surface area contributed by atoms with Crippen molar-refractivity contribution in [2.75, 3.05) is 13.1 Å². The molecule has 1 heterocycles. The average Bonchev–Trinajstić information content (AvgIpc) is 2.69. The standard InChI is InChI=1S/C12H20N2O2/c1-10(15)9-13-8-4-7-12(16)14(13)11-5-2-3-6-11/h11H,2-9H2,1H3. The zero-order valence-corrected chi connectivity index (χ0v) is 9.95. The zero-order chi connectivity index (χ0) is 11.5. The summed E-state index contributed by atoms with van der Waals surface area (Å²) in [6.45, 7) is 2.83. The molecule has 2 aliphatic rings. The van der Waals surface area contributed by atoms with Crippen LogP contribution in [0.5, 0.6) is 0 Å². The Kier molecular flexibility index (Phi) is 3.59. The van der Waals surface area contributed by atoms with Crippen molar-refractivity contribution in [2.45, 2.75) is 51.5 Å². The maximum atomic E-state index is 11.9. The lowest BCUT2D eigenvalue weighted by Crippen LogP contribution is -2.55. The van der Waals surface area contributed by atoms with E-state index in [1.807, 2.05) is 10.0 Å². The summed E-state index contributed by atoms with van der Waals surface area (Å²) in [7, 11) is 0. The maximum absolute atomic E-state index is 11.9. The third kappa shape index (κ3) is 2.43. The van der Waals surface area contributed by atoms with Gasteiger partial charge in [-0.3, -0.25) is 14.6 Å². The lowest BCUT2D eigenvalue weighted by molar-refractivity contribution is -0.163. The number of hydrogen-bond acceptors (Lipinski definition) is 3. The molecule has 0 atom stereocenters. The van der Waals surface area contributed by atoms with Crippen LogP contribution in [-0.4, -0.2) is 40.8 Å². The first kappa shape index (κ1) is 11.6. The van der Waals surface area contributed by atoms with E-state index >= 15 is 0 Å². The Morgan fingerprint density at radius 3 is 2.62 bits per heavy atom. The van der Waals surface area contributed by atoms with Gasteiger partial charge in [-0.1, -0.05) is 12.8 Å². The third-order valence-electron chi connectivity index (χ3n) is 3.44. The Labute approximate surface area is 96.6 Å². The molecule has 2 rings (SSSR count). The van der Waals surface area contributed by atoms with Crippen molar-refractivity contribution in [3.8, 4) is 0 Å². The topological polar surface area (TPSA) is 40.6 Å². The van der Waals surface area contributed by atoms with E-state index < -0.39 is 0 Å². The number of carbonyl (C=O) groups excluding carboxylic acids is 2. The van der Waals surface area contributed by atoms with Gasteiger partial charge in [-0.15, -0.1) is 0 Å². The summed E-state index contributed by atoms with van der Waals surface area (Å²) >= 11 is 0. The highest BCUT2D eigenvalue weighted by Gasteiger charge is 2.33. The molecule has 1 aliphatic carbocycles. The Bertz CT molecular complexity index is 285. The zero-order valence-electron chi connectivity index (χ0n) is 9.95. The highest BCUT2D eigenvalue weighted by atomic mass is 16.2. The number of nitrogens with zero attached hydrogens (tertiary/aromatic N) is 2. The van der Waals surface area contributed by atoms with Crippen LogP contribution in [0.3, 0.4) is 0 Å². The van der Waals surface area contributed by atoms with Gasteiger partial charge >= 0.3 is 0 Å². The largest absolute Gasteiger partial charge is 0.298 e. The monoisotopic (exact) mass is 224 g/mol. The summed E-state index contributed by atoms with van der Waals surface area (Å²) in [6, 6.07) is 0.354. The van der Waals surface area contributed by atoms with E-state index in [-0.39, 0.29) is 11.7 Å². The molecular weight excluding hydrogens is 204 g/mol. The Balaban J connectivity index is 2.07. The van der Waals surface area contributed by atoms with Crippen molar-refractivity contribution in [3.63, 3.8) is 0 Å². The van der Waals surface area contributed by atoms with Crippen molar-refractivity contribution in [2.24, 2.45) is 0 Å². The molecule has 0 N–H and O–H groups in total. The molecular formula is C12H20N2O2. The van der Waals surface area contributed by atoms with Crippen LogP contribution >= 0.6 is 0 Å². The van der Waals surface area contributed by atoms with Crippen LogP contribution < -0.4 is 0 Å². The third-order valence-corrected chi connectivity index (χ3v) is 3.44. The van der Waals surface area contributed by atoms with E-state index in [0.29, 0.717) is 19.0 Å². The lowest BCUT2D eigenvalue weighted by Gasteiger charge is -2.41. The summed E-state index contributed by atoms with van der Waals surface area (Å²) in [5.74, 6) is 0.345. The van der Waals surface area contributed by atoms with Gasteiger partial charge in [-0.2, -0.15) is 0 Å². The molecule has 0 unspecified atom stereocenters. The van der Waals surface area contributed by atoms with Crippen LogP contribution in [0.1, 0.15) is 45.4 Å². The van der Waals surface area contributed by atoms with Crippen LogP contribution in [0.4, 0.5) is 0 Å². The van der Waals surface area contributed by atoms with Crippen molar-refractivity contribution >= 4 is 11.7 Å². The fourth-order valence-corrected chi connectivity index (χ4v) is 2.79. The van der Waals surface area contributed by atoms with Gasteiger partial charge in [0, 0.05) is 19.0 Å². The fourth-order valence-electron chi connectivity index (χ4n) is 2.79. The second kappa shape index (κ2) is 4.95. The normalized spacial score (nSPS) is 24.1. The van der Waals surface area contributed by atoms with Crippen LogP contribution in [-0.2, 0) is 9.59 Å². The van der Waals surface area contributed by atoms with E-state index in [0.717, 1.165) is 25.8 Å². The first-order chi connectivity index (χ1) is 7.68. The lowest BCUT2D eigenvalue weighted by atomic mass is 10.1. The van der Waals surface area contributed by atoms with Gasteiger partial charge in [0.1, 0.15) is 5.78 Å². The van der Waals surface area contributed by atoms with E-state index in [4.69, 9.17) is 0 Å². The van der Waals surface area contributed by atoms with Crippen molar-refractivity contribution in [1.82, 2.24) is 10.0 Å². The molecule has 1 aliphatic heterocycles. The molecule has 0 aromatic rings. The highest BCUT2D eigenvalue weighted by Crippen LogP contribution is 2.27. The van der Waals surface area contributed by atoms with Crippen LogP contribution in [0.15, 0.2) is 0 Å². The number of rotatable bonds is 3. The first-order valence-electron chi connectivity index (χ1n) is 6.25. The smallest absolute Gasteiger partial charge is 0.237 e. The second-order valence-electron chi connectivity index (χ2n) is 4.87. The molecule has 0 radical (unpaired) electrons. The molecule has 1 saturated heterocycles. The molecule has 2 fully saturated rings. The minimum atomic E-state index is 0.137. The van der Waals surface area contributed by atoms with Crippen LogP contribution in [0.2, 0.25) is 0 Å². The minimum absolute atomic E-state index is 0.137. The summed E-state index contributed by atoms with van der Waals surface area (Å²) in [4.78, 5) is 23.1. The molecule has 4 nitrogen and oxygen atoms in total. The number of Topliss-reactive ketones (excluding diaryl/α,β-unsaturated/α-hetero) is 1. The van der Waals surface area contributed by atoms with Gasteiger partial charge < -0.3 is 0 Å². The number of ketones is 1. The molecule has 4 heteroatoms. The Hall–Kier alpha value is -0.900. The predicted molar refractivity (Wildman–Crippen MR) is 60.6 cm³/mol. The number of amides is 1. The van der Waals surface area contributed by atoms with E-state index in [1.54, 1.807) is 6.92 Å². The summed E-state index contributed by atoms with van der Waals surface area (Å²) in [6.07, 6.45) is 6.14. The van der Waals surface area contributed by atoms with Gasteiger partial charge in [0.05, 0.1) is 6.54 Å². The maximum Gasteiger partial charge on any atom is 0.237 e. The molecule has 0 bridgehead atoms. The van der Waals surface area contributed by atoms with Gasteiger partial charge in [-0.25, -0.2) is 5.01 Å². The van der Waals surface area contributed by atoms with Crippen molar-refractivity contribution in [1.29, 1.82) is 0 Å².